The number of rotatable bonds is 2. The lowest BCUT2D eigenvalue weighted by Gasteiger charge is -1.99. The van der Waals surface area contributed by atoms with Crippen molar-refractivity contribution in [2.75, 3.05) is 5.73 Å². The summed E-state index contributed by atoms with van der Waals surface area (Å²) in [6, 6.07) is 11.2. The minimum absolute atomic E-state index is 0.0396. The molecule has 3 aromatic rings. The van der Waals surface area contributed by atoms with Crippen LogP contribution in [0.2, 0.25) is 0 Å². The highest BCUT2D eigenvalue weighted by Crippen LogP contribution is 2.32. The van der Waals surface area contributed by atoms with Crippen LogP contribution in [0.25, 0.3) is 10.2 Å². The van der Waals surface area contributed by atoms with E-state index in [1.807, 2.05) is 31.2 Å². The molecule has 0 radical (unpaired) electrons. The number of ketones is 1. The second-order valence-electron chi connectivity index (χ2n) is 4.57. The van der Waals surface area contributed by atoms with Crippen LogP contribution in [0.15, 0.2) is 40.9 Å². The third-order valence-corrected chi connectivity index (χ3v) is 4.77. The molecule has 0 bridgehead atoms. The number of carbonyl (C=O) groups is 1. The summed E-state index contributed by atoms with van der Waals surface area (Å²) in [5, 5.41) is 0.904. The Morgan fingerprint density at radius 2 is 1.90 bits per heavy atom. The zero-order valence-electron chi connectivity index (χ0n) is 10.7. The van der Waals surface area contributed by atoms with E-state index in [4.69, 9.17) is 5.73 Å². The van der Waals surface area contributed by atoms with Crippen LogP contribution in [-0.4, -0.2) is 5.78 Å². The molecule has 2 aromatic heterocycles. The van der Waals surface area contributed by atoms with E-state index < -0.39 is 0 Å². The molecule has 0 atom stereocenters. The molecule has 3 N–H and O–H groups in total. The molecule has 100 valence electrons. The fourth-order valence-corrected chi connectivity index (χ4v) is 3.44. The van der Waals surface area contributed by atoms with Gasteiger partial charge < -0.3 is 5.73 Å². The fourth-order valence-electron chi connectivity index (χ4n) is 2.05. The number of aryl methyl sites for hydroxylation is 1. The van der Waals surface area contributed by atoms with Crippen LogP contribution >= 0.6 is 27.3 Å². The van der Waals surface area contributed by atoms with E-state index in [9.17, 15) is 4.79 Å². The van der Waals surface area contributed by atoms with Crippen molar-refractivity contribution in [3.63, 3.8) is 0 Å². The zero-order valence-corrected chi connectivity index (χ0v) is 13.1. The number of nitrogen functional groups attached to an aromatic ring is 1. The zero-order chi connectivity index (χ0) is 14.3. The summed E-state index contributed by atoms with van der Waals surface area (Å²) in [5.74, 6) is -0.0396. The van der Waals surface area contributed by atoms with E-state index in [1.165, 1.54) is 11.3 Å². The maximum atomic E-state index is 12.5. The lowest BCUT2D eigenvalue weighted by atomic mass is 10.1. The summed E-state index contributed by atoms with van der Waals surface area (Å²) in [7, 11) is 0. The average Bonchev–Trinajstić information content (AvgIpc) is 2.75. The van der Waals surface area contributed by atoms with Crippen molar-refractivity contribution in [1.82, 2.24) is 0 Å². The van der Waals surface area contributed by atoms with E-state index in [0.29, 0.717) is 16.1 Å². The quantitative estimate of drug-likeness (QED) is 0.720. The molecule has 0 fully saturated rings. The Hall–Kier alpha value is -1.72. The van der Waals surface area contributed by atoms with E-state index in [0.717, 1.165) is 20.4 Å². The smallest absolute Gasteiger partial charge is 0.270 e. The van der Waals surface area contributed by atoms with Crippen LogP contribution in [0.3, 0.4) is 0 Å². The average molecular weight is 348 g/mol. The second kappa shape index (κ2) is 5.00. The number of anilines is 1. The van der Waals surface area contributed by atoms with E-state index in [2.05, 4.69) is 20.9 Å². The molecule has 0 spiro atoms. The van der Waals surface area contributed by atoms with Crippen LogP contribution in [0.5, 0.6) is 0 Å². The molecule has 0 saturated heterocycles. The Labute approximate surface area is 128 Å². The number of fused-ring (bicyclic) bond motifs is 1. The monoisotopic (exact) mass is 347 g/mol. The van der Waals surface area contributed by atoms with Crippen molar-refractivity contribution in [2.45, 2.75) is 6.92 Å². The van der Waals surface area contributed by atoms with Crippen molar-refractivity contribution in [1.29, 1.82) is 0 Å². The third kappa shape index (κ3) is 2.23. The highest BCUT2D eigenvalue weighted by molar-refractivity contribution is 9.10. The van der Waals surface area contributed by atoms with Crippen molar-refractivity contribution in [3.8, 4) is 0 Å². The fraction of sp³-hybridized carbons (Fsp3) is 0.0667. The third-order valence-electron chi connectivity index (χ3n) is 3.11. The SMILES string of the molecule is Cc1ccc2c(N)c(C(=O)c3ccc(Br)cc3)sc2[nH+]1. The molecule has 0 aliphatic rings. The number of halogens is 1. The van der Waals surface area contributed by atoms with E-state index in [-0.39, 0.29) is 5.78 Å². The van der Waals surface area contributed by atoms with Crippen molar-refractivity contribution in [2.24, 2.45) is 0 Å². The summed E-state index contributed by atoms with van der Waals surface area (Å²) in [6.45, 7) is 1.98. The minimum atomic E-state index is -0.0396. The molecule has 0 aliphatic carbocycles. The molecule has 1 aromatic carbocycles. The van der Waals surface area contributed by atoms with Gasteiger partial charge in [0.1, 0.15) is 4.88 Å². The number of benzene rings is 1. The minimum Gasteiger partial charge on any atom is -0.397 e. The van der Waals surface area contributed by atoms with Crippen LogP contribution in [0.1, 0.15) is 20.9 Å². The van der Waals surface area contributed by atoms with Crippen LogP contribution in [0.4, 0.5) is 5.69 Å². The van der Waals surface area contributed by atoms with Gasteiger partial charge in [0.15, 0.2) is 5.69 Å². The first kappa shape index (κ1) is 13.3. The standard InChI is InChI=1S/C15H11BrN2OS/c1-8-2-7-11-12(17)14(20-15(11)18-8)13(19)9-3-5-10(16)6-4-9/h2-7H,17H2,1H3/p+1. The lowest BCUT2D eigenvalue weighted by molar-refractivity contribution is -0.351. The van der Waals surface area contributed by atoms with Crippen molar-refractivity contribution >= 4 is 49.0 Å². The number of thiophene rings is 1. The van der Waals surface area contributed by atoms with E-state index in [1.54, 1.807) is 12.1 Å². The summed E-state index contributed by atoms with van der Waals surface area (Å²) in [6.07, 6.45) is 0. The topological polar surface area (TPSA) is 57.2 Å². The first-order valence-corrected chi connectivity index (χ1v) is 7.68. The maximum Gasteiger partial charge on any atom is 0.270 e. The van der Waals surface area contributed by atoms with Gasteiger partial charge in [-0.1, -0.05) is 27.3 Å². The Kier molecular flexibility index (Phi) is 3.31. The van der Waals surface area contributed by atoms with Gasteiger partial charge in [0.05, 0.1) is 11.1 Å². The van der Waals surface area contributed by atoms with Crippen LogP contribution in [-0.2, 0) is 0 Å². The maximum absolute atomic E-state index is 12.5. The number of pyridine rings is 1. The van der Waals surface area contributed by atoms with Gasteiger partial charge in [-0.25, -0.2) is 0 Å². The number of hydrogen-bond donors (Lipinski definition) is 1. The number of nitrogens with one attached hydrogen (secondary N) is 1. The molecule has 2 heterocycles. The largest absolute Gasteiger partial charge is 0.397 e. The van der Waals surface area contributed by atoms with Gasteiger partial charge in [-0.05, 0) is 30.3 Å². The van der Waals surface area contributed by atoms with Gasteiger partial charge >= 0.3 is 0 Å². The Bertz CT molecular complexity index is 809. The summed E-state index contributed by atoms with van der Waals surface area (Å²) in [5.41, 5.74) is 8.35. The number of H-pyrrole nitrogens is 1. The van der Waals surface area contributed by atoms with Gasteiger partial charge in [-0.15, -0.1) is 0 Å². The highest BCUT2D eigenvalue weighted by atomic mass is 79.9. The van der Waals surface area contributed by atoms with Crippen LogP contribution < -0.4 is 10.7 Å². The molecule has 3 nitrogen and oxygen atoms in total. The highest BCUT2D eigenvalue weighted by Gasteiger charge is 2.21. The normalized spacial score (nSPS) is 10.9. The molecular weight excluding hydrogens is 336 g/mol. The first-order valence-electron chi connectivity index (χ1n) is 6.07. The number of nitrogens with two attached hydrogens (primary N) is 1. The summed E-state index contributed by atoms with van der Waals surface area (Å²) in [4.78, 5) is 17.3. The molecule has 3 rings (SSSR count). The molecule has 5 heteroatoms. The van der Waals surface area contributed by atoms with Crippen molar-refractivity contribution < 1.29 is 9.78 Å². The number of aromatic nitrogens is 1. The summed E-state index contributed by atoms with van der Waals surface area (Å²) < 4.78 is 0.947. The molecule has 0 amide bonds. The molecule has 0 aliphatic heterocycles. The van der Waals surface area contributed by atoms with Crippen molar-refractivity contribution in [3.05, 3.63) is 57.0 Å². The lowest BCUT2D eigenvalue weighted by Crippen LogP contribution is -2.05. The predicted octanol–water partition coefficient (Wildman–Crippen LogP) is 3.60. The first-order chi connectivity index (χ1) is 9.56. The Balaban J connectivity index is 2.12. The molecule has 0 saturated carbocycles. The van der Waals surface area contributed by atoms with Gasteiger partial charge in [-0.3, -0.25) is 4.79 Å². The van der Waals surface area contributed by atoms with E-state index >= 15 is 0 Å². The predicted molar refractivity (Wildman–Crippen MR) is 85.1 cm³/mol. The Morgan fingerprint density at radius 1 is 1.20 bits per heavy atom. The second-order valence-corrected chi connectivity index (χ2v) is 6.50. The van der Waals surface area contributed by atoms with Gasteiger partial charge in [0, 0.05) is 23.0 Å². The number of hydrogen-bond acceptors (Lipinski definition) is 3. The number of aromatic amines is 1. The van der Waals surface area contributed by atoms with Gasteiger partial charge in [0.25, 0.3) is 4.83 Å². The van der Waals surface area contributed by atoms with Gasteiger partial charge in [0.2, 0.25) is 5.78 Å². The summed E-state index contributed by atoms with van der Waals surface area (Å²) >= 11 is 4.77. The molecular formula is C15H12BrN2OS+. The van der Waals surface area contributed by atoms with Crippen LogP contribution in [0, 0.1) is 6.92 Å². The van der Waals surface area contributed by atoms with Gasteiger partial charge in [-0.2, -0.15) is 4.98 Å². The molecule has 0 unspecified atom stereocenters. The Morgan fingerprint density at radius 3 is 2.60 bits per heavy atom. The number of carbonyl (C=O) groups excluding carboxylic acids is 1. The molecule has 20 heavy (non-hydrogen) atoms.